The van der Waals surface area contributed by atoms with Gasteiger partial charge >= 0.3 is 6.03 Å². The molecule has 1 aromatic carbocycles. The molecule has 40 heavy (non-hydrogen) atoms. The minimum absolute atomic E-state index is 0. The van der Waals surface area contributed by atoms with E-state index in [0.29, 0.717) is 46.4 Å². The summed E-state index contributed by atoms with van der Waals surface area (Å²) >= 11 is 0. The first-order chi connectivity index (χ1) is 18.9. The van der Waals surface area contributed by atoms with Gasteiger partial charge in [0.25, 0.3) is 0 Å². The lowest BCUT2D eigenvalue weighted by Crippen LogP contribution is -2.40. The van der Waals surface area contributed by atoms with Crippen LogP contribution in [0.5, 0.6) is 0 Å². The van der Waals surface area contributed by atoms with Crippen molar-refractivity contribution in [2.24, 2.45) is 11.8 Å². The van der Waals surface area contributed by atoms with Gasteiger partial charge in [0.15, 0.2) is 11.5 Å². The molecule has 2 saturated heterocycles. The molecule has 212 valence electrons. The van der Waals surface area contributed by atoms with Crippen LogP contribution in [0, 0.1) is 17.7 Å². The van der Waals surface area contributed by atoms with Gasteiger partial charge in [-0.1, -0.05) is 26.8 Å². The second-order valence-corrected chi connectivity index (χ2v) is 10.9. The van der Waals surface area contributed by atoms with Crippen LogP contribution in [0.25, 0.3) is 28.2 Å². The largest absolute Gasteiger partial charge is 0.326 e. The Morgan fingerprint density at radius 3 is 2.62 bits per heavy atom. The van der Waals surface area contributed by atoms with Gasteiger partial charge in [0.2, 0.25) is 0 Å². The molecule has 4 aromatic rings. The summed E-state index contributed by atoms with van der Waals surface area (Å²) < 4.78 is 16.7. The molecule has 5 heterocycles. The number of likely N-dealkylation sites (tertiary alicyclic amines) is 1. The molecule has 0 unspecified atom stereocenters. The third-order valence-electron chi connectivity index (χ3n) is 8.17. The number of nitrogens with zero attached hydrogens (tertiary/aromatic N) is 8. The summed E-state index contributed by atoms with van der Waals surface area (Å²) in [4.78, 5) is 29.0. The molecule has 12 heteroatoms. The molecular weight excluding hydrogens is 533 g/mol. The van der Waals surface area contributed by atoms with Crippen molar-refractivity contribution in [1.82, 2.24) is 39.6 Å². The Morgan fingerprint density at radius 2 is 1.95 bits per heavy atom. The van der Waals surface area contributed by atoms with Crippen molar-refractivity contribution in [3.8, 4) is 22.5 Å². The minimum Gasteiger partial charge on any atom is -0.322 e. The third kappa shape index (κ3) is 5.15. The van der Waals surface area contributed by atoms with E-state index < -0.39 is 5.82 Å². The molecule has 3 aromatic heterocycles. The summed E-state index contributed by atoms with van der Waals surface area (Å²) in [7, 11) is 0. The molecule has 6 rings (SSSR count). The molecule has 0 spiro atoms. The summed E-state index contributed by atoms with van der Waals surface area (Å²) in [5.74, 6) is 1.33. The predicted octanol–water partition coefficient (Wildman–Crippen LogP) is 4.74. The third-order valence-corrected chi connectivity index (χ3v) is 8.17. The fraction of sp³-hybridized carbons (Fsp3) is 0.464. The number of carbonyl (C=O) groups excluding carboxylic acids is 1. The van der Waals surface area contributed by atoms with E-state index in [4.69, 9.17) is 4.98 Å². The molecule has 10 nitrogen and oxygen atoms in total. The molecule has 0 bridgehead atoms. The number of aromatic nitrogens is 6. The van der Waals surface area contributed by atoms with Gasteiger partial charge in [-0.15, -0.1) is 12.4 Å². The number of carbonyl (C=O) groups is 1. The average Bonchev–Trinajstić information content (AvgIpc) is 3.68. The highest BCUT2D eigenvalue weighted by molar-refractivity contribution is 5.94. The van der Waals surface area contributed by atoms with Crippen LogP contribution in [0.3, 0.4) is 0 Å². The number of rotatable bonds is 7. The van der Waals surface area contributed by atoms with E-state index in [1.807, 2.05) is 28.1 Å². The summed E-state index contributed by atoms with van der Waals surface area (Å²) in [5.41, 5.74) is 2.24. The van der Waals surface area contributed by atoms with E-state index in [1.54, 1.807) is 16.8 Å². The number of urea groups is 1. The van der Waals surface area contributed by atoms with Crippen molar-refractivity contribution in [1.29, 1.82) is 0 Å². The SMILES string of the molecule is CCN1CCC(CN2C[C@H](C(C)C)N(c3ccn4ncc(-c5ccc(-c6ncn[nH]6)c(F)c5)c4n3)C2=O)CC1.Cl. The monoisotopic (exact) mass is 567 g/mol. The van der Waals surface area contributed by atoms with Crippen molar-refractivity contribution in [3.63, 3.8) is 0 Å². The van der Waals surface area contributed by atoms with Gasteiger partial charge in [-0.2, -0.15) is 10.2 Å². The lowest BCUT2D eigenvalue weighted by atomic mass is 9.96. The molecule has 2 fully saturated rings. The number of piperidine rings is 1. The molecule has 2 amide bonds. The Labute approximate surface area is 239 Å². The molecular formula is C28H35ClFN9O. The number of hydrogen-bond acceptors (Lipinski definition) is 6. The van der Waals surface area contributed by atoms with Crippen molar-refractivity contribution >= 4 is 29.9 Å². The Bertz CT molecular complexity index is 1470. The highest BCUT2D eigenvalue weighted by Crippen LogP contribution is 2.32. The normalized spacial score (nSPS) is 18.7. The van der Waals surface area contributed by atoms with Crippen LogP contribution >= 0.6 is 12.4 Å². The van der Waals surface area contributed by atoms with Crippen LogP contribution in [-0.2, 0) is 0 Å². The average molecular weight is 568 g/mol. The quantitative estimate of drug-likeness (QED) is 0.346. The highest BCUT2D eigenvalue weighted by atomic mass is 35.5. The van der Waals surface area contributed by atoms with Crippen LogP contribution in [-0.4, -0.2) is 84.4 Å². The smallest absolute Gasteiger partial charge is 0.322 e. The van der Waals surface area contributed by atoms with Crippen molar-refractivity contribution in [3.05, 3.63) is 48.8 Å². The standard InChI is InChI=1S/C28H34FN9O.ClH/c1-4-35-10-7-19(8-11-35)15-36-16-24(18(2)3)38(28(36)39)25-9-12-37-27(33-25)22(14-32-37)20-5-6-21(23(29)13-20)26-30-17-31-34-26;/h5-6,9,12-14,17-19,24H,4,7-8,10-11,15-16H2,1-3H3,(H,30,31,34);1H/t24-;/m1./s1. The maximum Gasteiger partial charge on any atom is 0.326 e. The van der Waals surface area contributed by atoms with Gasteiger partial charge in [0.05, 0.1) is 17.8 Å². The van der Waals surface area contributed by atoms with E-state index in [9.17, 15) is 4.79 Å². The van der Waals surface area contributed by atoms with E-state index in [1.165, 1.54) is 12.4 Å². The zero-order chi connectivity index (χ0) is 27.1. The first-order valence-corrected chi connectivity index (χ1v) is 13.7. The lowest BCUT2D eigenvalue weighted by molar-refractivity contribution is 0.159. The molecule has 0 radical (unpaired) electrons. The maximum atomic E-state index is 15.0. The van der Waals surface area contributed by atoms with E-state index in [0.717, 1.165) is 39.0 Å². The topological polar surface area (TPSA) is 98.6 Å². The van der Waals surface area contributed by atoms with E-state index in [-0.39, 0.29) is 30.4 Å². The number of halogens is 2. The Balaban J connectivity index is 0.00000323. The number of amides is 2. The summed E-state index contributed by atoms with van der Waals surface area (Å²) in [6, 6.07) is 6.80. The summed E-state index contributed by atoms with van der Waals surface area (Å²) in [6.07, 6.45) is 7.09. The van der Waals surface area contributed by atoms with Crippen LogP contribution in [0.2, 0.25) is 0 Å². The van der Waals surface area contributed by atoms with Crippen molar-refractivity contribution in [2.45, 2.75) is 39.7 Å². The molecule has 1 N–H and O–H groups in total. The van der Waals surface area contributed by atoms with E-state index in [2.05, 4.69) is 46.0 Å². The fourth-order valence-corrected chi connectivity index (χ4v) is 5.81. The molecule has 2 aliphatic heterocycles. The maximum absolute atomic E-state index is 15.0. The summed E-state index contributed by atoms with van der Waals surface area (Å²) in [6.45, 7) is 11.3. The number of H-pyrrole nitrogens is 1. The number of anilines is 1. The van der Waals surface area contributed by atoms with Gasteiger partial charge in [-0.25, -0.2) is 23.7 Å². The molecule has 2 aliphatic rings. The fourth-order valence-electron chi connectivity index (χ4n) is 5.81. The number of aromatic amines is 1. The zero-order valence-corrected chi connectivity index (χ0v) is 23.8. The van der Waals surface area contributed by atoms with Crippen LogP contribution in [0.15, 0.2) is 43.0 Å². The predicted molar refractivity (Wildman–Crippen MR) is 154 cm³/mol. The van der Waals surface area contributed by atoms with Crippen molar-refractivity contribution in [2.75, 3.05) is 37.6 Å². The van der Waals surface area contributed by atoms with Crippen LogP contribution in [0.4, 0.5) is 15.0 Å². The Hall–Kier alpha value is -3.57. The highest BCUT2D eigenvalue weighted by Gasteiger charge is 2.41. The van der Waals surface area contributed by atoms with Gasteiger partial charge in [0.1, 0.15) is 18.0 Å². The van der Waals surface area contributed by atoms with Gasteiger partial charge < -0.3 is 9.80 Å². The Morgan fingerprint density at radius 1 is 1.15 bits per heavy atom. The van der Waals surface area contributed by atoms with Gasteiger partial charge in [-0.3, -0.25) is 10.00 Å². The number of fused-ring (bicyclic) bond motifs is 1. The number of benzene rings is 1. The lowest BCUT2D eigenvalue weighted by Gasteiger charge is -2.33. The number of hydrogen-bond donors (Lipinski definition) is 1. The van der Waals surface area contributed by atoms with Gasteiger partial charge in [0, 0.05) is 24.8 Å². The first kappa shape index (κ1) is 28.0. The van der Waals surface area contributed by atoms with Crippen LogP contribution in [0.1, 0.15) is 33.6 Å². The summed E-state index contributed by atoms with van der Waals surface area (Å²) in [5, 5.41) is 10.9. The second kappa shape index (κ2) is 11.5. The molecule has 0 saturated carbocycles. The first-order valence-electron chi connectivity index (χ1n) is 13.7. The van der Waals surface area contributed by atoms with Crippen LogP contribution < -0.4 is 4.90 Å². The minimum atomic E-state index is -0.422. The zero-order valence-electron chi connectivity index (χ0n) is 23.0. The Kier molecular flexibility index (Phi) is 8.04. The van der Waals surface area contributed by atoms with E-state index >= 15 is 4.39 Å². The van der Waals surface area contributed by atoms with Crippen molar-refractivity contribution < 1.29 is 9.18 Å². The van der Waals surface area contributed by atoms with Gasteiger partial charge in [-0.05, 0) is 68.1 Å². The molecule has 1 atom stereocenters. The molecule has 0 aliphatic carbocycles. The number of nitrogens with one attached hydrogen (secondary N) is 1. The second-order valence-electron chi connectivity index (χ2n) is 10.9.